The van der Waals surface area contributed by atoms with Crippen molar-refractivity contribution in [2.24, 2.45) is 5.92 Å². The molecule has 0 bridgehead atoms. The zero-order valence-electron chi connectivity index (χ0n) is 14.4. The molecule has 5 heteroatoms. The van der Waals surface area contributed by atoms with Gasteiger partial charge in [-0.2, -0.15) is 0 Å². The molecule has 0 spiro atoms. The molecule has 0 aromatic rings. The average molecular weight is 302 g/mol. The highest BCUT2D eigenvalue weighted by molar-refractivity contribution is 5.06. The van der Waals surface area contributed by atoms with Gasteiger partial charge >= 0.3 is 0 Å². The van der Waals surface area contributed by atoms with Gasteiger partial charge in [-0.3, -0.25) is 4.90 Å². The zero-order chi connectivity index (χ0) is 16.1. The third kappa shape index (κ3) is 4.89. The Hall–Kier alpha value is -0.200. The summed E-state index contributed by atoms with van der Waals surface area (Å²) < 4.78 is 6.30. The number of hydrogen-bond donors (Lipinski definition) is 3. The number of aliphatic hydroxyl groups excluding tert-OH is 2. The predicted molar refractivity (Wildman–Crippen MR) is 85.4 cm³/mol. The molecule has 1 rings (SSSR count). The van der Waals surface area contributed by atoms with Gasteiger partial charge in [0.15, 0.2) is 0 Å². The summed E-state index contributed by atoms with van der Waals surface area (Å²) in [5.41, 5.74) is -0.439. The largest absolute Gasteiger partial charge is 0.395 e. The number of ether oxygens (including phenoxy) is 1. The predicted octanol–water partition coefficient (Wildman–Crippen LogP) is 0.845. The van der Waals surface area contributed by atoms with E-state index in [2.05, 4.69) is 44.8 Å². The fourth-order valence-electron chi connectivity index (χ4n) is 3.57. The molecule has 1 fully saturated rings. The quantitative estimate of drug-likeness (QED) is 0.589. The second-order valence-electron chi connectivity index (χ2n) is 7.10. The van der Waals surface area contributed by atoms with Gasteiger partial charge in [0.25, 0.3) is 0 Å². The van der Waals surface area contributed by atoms with Gasteiger partial charge in [0.1, 0.15) is 0 Å². The van der Waals surface area contributed by atoms with Gasteiger partial charge in [0.2, 0.25) is 0 Å². The molecule has 2 unspecified atom stereocenters. The Morgan fingerprint density at radius 2 is 1.62 bits per heavy atom. The summed E-state index contributed by atoms with van der Waals surface area (Å²) in [4.78, 5) is 2.12. The van der Waals surface area contributed by atoms with Gasteiger partial charge in [0, 0.05) is 31.6 Å². The second-order valence-corrected chi connectivity index (χ2v) is 7.10. The van der Waals surface area contributed by atoms with Crippen LogP contribution in [0, 0.1) is 5.92 Å². The van der Waals surface area contributed by atoms with Crippen molar-refractivity contribution in [3.8, 4) is 0 Å². The molecule has 0 aromatic carbocycles. The highest BCUT2D eigenvalue weighted by Crippen LogP contribution is 2.42. The minimum Gasteiger partial charge on any atom is -0.395 e. The molecule has 2 atom stereocenters. The van der Waals surface area contributed by atoms with E-state index in [9.17, 15) is 10.2 Å². The first-order valence-electron chi connectivity index (χ1n) is 8.16. The molecule has 0 saturated carbocycles. The number of aliphatic hydroxyl groups is 2. The molecule has 1 aliphatic rings. The molecule has 5 nitrogen and oxygen atoms in total. The van der Waals surface area contributed by atoms with Crippen LogP contribution in [0.1, 0.15) is 41.0 Å². The number of hydrogen-bond acceptors (Lipinski definition) is 5. The monoisotopic (exact) mass is 302 g/mol. The van der Waals surface area contributed by atoms with E-state index in [-0.39, 0.29) is 30.5 Å². The molecule has 0 aromatic heterocycles. The molecular weight excluding hydrogens is 268 g/mol. The van der Waals surface area contributed by atoms with Crippen LogP contribution in [-0.2, 0) is 4.74 Å². The normalized spacial score (nSPS) is 27.4. The SMILES string of the molecule is CCCNC1C(CN(CCO)CCO)C(C)(C)OC1(C)C. The van der Waals surface area contributed by atoms with Gasteiger partial charge in [-0.25, -0.2) is 0 Å². The van der Waals surface area contributed by atoms with Crippen LogP contribution in [0.5, 0.6) is 0 Å². The lowest BCUT2D eigenvalue weighted by molar-refractivity contribution is -0.0799. The minimum atomic E-state index is -0.224. The Balaban J connectivity index is 2.86. The van der Waals surface area contributed by atoms with Crippen molar-refractivity contribution in [2.75, 3.05) is 39.4 Å². The van der Waals surface area contributed by atoms with Gasteiger partial charge in [-0.05, 0) is 40.7 Å². The highest BCUT2D eigenvalue weighted by atomic mass is 16.5. The van der Waals surface area contributed by atoms with Crippen LogP contribution < -0.4 is 5.32 Å². The van der Waals surface area contributed by atoms with E-state index >= 15 is 0 Å². The van der Waals surface area contributed by atoms with E-state index in [1.54, 1.807) is 0 Å². The third-order valence-electron chi connectivity index (χ3n) is 4.47. The van der Waals surface area contributed by atoms with Crippen molar-refractivity contribution in [2.45, 2.75) is 58.3 Å². The first-order valence-corrected chi connectivity index (χ1v) is 8.16. The fourth-order valence-corrected chi connectivity index (χ4v) is 3.57. The fraction of sp³-hybridized carbons (Fsp3) is 1.00. The Labute approximate surface area is 129 Å². The summed E-state index contributed by atoms with van der Waals surface area (Å²) in [6.07, 6.45) is 1.09. The van der Waals surface area contributed by atoms with Crippen LogP contribution in [0.15, 0.2) is 0 Å². The Bertz CT molecular complexity index is 302. The van der Waals surface area contributed by atoms with E-state index in [1.165, 1.54) is 0 Å². The molecule has 21 heavy (non-hydrogen) atoms. The lowest BCUT2D eigenvalue weighted by atomic mass is 9.82. The maximum absolute atomic E-state index is 9.21. The topological polar surface area (TPSA) is 65.0 Å². The van der Waals surface area contributed by atoms with Gasteiger partial charge in [0.05, 0.1) is 24.4 Å². The zero-order valence-corrected chi connectivity index (χ0v) is 14.4. The molecule has 0 amide bonds. The van der Waals surface area contributed by atoms with Crippen LogP contribution in [0.3, 0.4) is 0 Å². The molecule has 1 heterocycles. The maximum atomic E-state index is 9.21. The smallest absolute Gasteiger partial charge is 0.0790 e. The summed E-state index contributed by atoms with van der Waals surface area (Å²) >= 11 is 0. The molecule has 3 N–H and O–H groups in total. The number of rotatable bonds is 9. The maximum Gasteiger partial charge on any atom is 0.0790 e. The van der Waals surface area contributed by atoms with Gasteiger partial charge in [-0.15, -0.1) is 0 Å². The first-order chi connectivity index (χ1) is 9.78. The van der Waals surface area contributed by atoms with Crippen molar-refractivity contribution in [1.29, 1.82) is 0 Å². The Kier molecular flexibility index (Phi) is 7.07. The van der Waals surface area contributed by atoms with Crippen molar-refractivity contribution in [3.63, 3.8) is 0 Å². The van der Waals surface area contributed by atoms with Crippen molar-refractivity contribution >= 4 is 0 Å². The third-order valence-corrected chi connectivity index (χ3v) is 4.47. The highest BCUT2D eigenvalue weighted by Gasteiger charge is 2.53. The first kappa shape index (κ1) is 18.8. The van der Waals surface area contributed by atoms with Gasteiger partial charge < -0.3 is 20.3 Å². The Morgan fingerprint density at radius 3 is 2.10 bits per heavy atom. The van der Waals surface area contributed by atoms with E-state index < -0.39 is 0 Å². The van der Waals surface area contributed by atoms with Crippen LogP contribution >= 0.6 is 0 Å². The lowest BCUT2D eigenvalue weighted by Gasteiger charge is -2.34. The van der Waals surface area contributed by atoms with Crippen LogP contribution in [-0.4, -0.2) is 71.7 Å². The summed E-state index contributed by atoms with van der Waals surface area (Å²) in [5.74, 6) is 0.317. The number of nitrogens with one attached hydrogen (secondary N) is 1. The molecule has 0 radical (unpaired) electrons. The van der Waals surface area contributed by atoms with Crippen molar-refractivity contribution < 1.29 is 14.9 Å². The van der Waals surface area contributed by atoms with E-state index in [1.807, 2.05) is 0 Å². The van der Waals surface area contributed by atoms with Crippen LogP contribution in [0.4, 0.5) is 0 Å². The van der Waals surface area contributed by atoms with Crippen molar-refractivity contribution in [3.05, 3.63) is 0 Å². The molecule has 126 valence electrons. The molecular formula is C16H34N2O3. The standard InChI is InChI=1S/C16H34N2O3/c1-6-7-17-14-13(12-18(8-10-19)9-11-20)15(2,3)21-16(14,4)5/h13-14,17,19-20H,6-12H2,1-5H3. The number of nitrogens with zero attached hydrogens (tertiary/aromatic N) is 1. The minimum absolute atomic E-state index is 0.116. The summed E-state index contributed by atoms with van der Waals surface area (Å²) in [7, 11) is 0. The van der Waals surface area contributed by atoms with E-state index in [0.29, 0.717) is 19.0 Å². The molecule has 1 aliphatic heterocycles. The van der Waals surface area contributed by atoms with E-state index in [0.717, 1.165) is 19.5 Å². The van der Waals surface area contributed by atoms with E-state index in [4.69, 9.17) is 4.74 Å². The summed E-state index contributed by atoms with van der Waals surface area (Å²) in [6.45, 7) is 13.9. The summed E-state index contributed by atoms with van der Waals surface area (Å²) in [5, 5.41) is 22.1. The molecule has 1 saturated heterocycles. The Morgan fingerprint density at radius 1 is 1.05 bits per heavy atom. The second kappa shape index (κ2) is 7.88. The lowest BCUT2D eigenvalue weighted by Crippen LogP contribution is -2.51. The van der Waals surface area contributed by atoms with Crippen LogP contribution in [0.2, 0.25) is 0 Å². The van der Waals surface area contributed by atoms with Gasteiger partial charge in [-0.1, -0.05) is 6.92 Å². The molecule has 0 aliphatic carbocycles. The van der Waals surface area contributed by atoms with Crippen LogP contribution in [0.25, 0.3) is 0 Å². The summed E-state index contributed by atoms with van der Waals surface area (Å²) in [6, 6.07) is 0.271. The average Bonchev–Trinajstić information content (AvgIpc) is 2.53. The van der Waals surface area contributed by atoms with Crippen molar-refractivity contribution in [1.82, 2.24) is 10.2 Å².